The summed E-state index contributed by atoms with van der Waals surface area (Å²) in [5, 5.41) is 7.64. The van der Waals surface area contributed by atoms with Crippen LogP contribution in [-0.2, 0) is 0 Å². The minimum absolute atomic E-state index is 0.496. The van der Waals surface area contributed by atoms with Crippen molar-refractivity contribution in [1.82, 2.24) is 15.0 Å². The summed E-state index contributed by atoms with van der Waals surface area (Å²) in [4.78, 5) is 18.9. The number of benzene rings is 2. The minimum Gasteiger partial charge on any atom is -0.495 e. The minimum atomic E-state index is 0.496. The van der Waals surface area contributed by atoms with Crippen LogP contribution in [0.2, 0.25) is 0 Å². The molecular formula is C31H47N7O2S. The molecule has 0 fully saturated rings. The highest BCUT2D eigenvalue weighted by atomic mass is 32.2. The Bertz CT molecular complexity index is 1190. The van der Waals surface area contributed by atoms with Crippen LogP contribution >= 0.6 is 11.8 Å². The zero-order chi connectivity index (χ0) is 29.9. The van der Waals surface area contributed by atoms with Crippen molar-refractivity contribution in [3.63, 3.8) is 0 Å². The van der Waals surface area contributed by atoms with E-state index in [1.54, 1.807) is 26.0 Å². The number of anilines is 6. The predicted molar refractivity (Wildman–Crippen MR) is 175 cm³/mol. The quantitative estimate of drug-likeness (QED) is 0.130. The van der Waals surface area contributed by atoms with Crippen LogP contribution in [0.1, 0.15) is 58.6 Å². The van der Waals surface area contributed by atoms with Crippen molar-refractivity contribution >= 4 is 46.4 Å². The maximum absolute atomic E-state index is 5.71. The van der Waals surface area contributed by atoms with E-state index < -0.39 is 0 Å². The highest BCUT2D eigenvalue weighted by Gasteiger charge is 2.17. The Morgan fingerprint density at radius 3 is 1.49 bits per heavy atom. The van der Waals surface area contributed by atoms with Gasteiger partial charge in [0.05, 0.1) is 25.6 Å². The third-order valence-electron chi connectivity index (χ3n) is 7.10. The normalized spacial score (nSPS) is 10.9. The summed E-state index contributed by atoms with van der Waals surface area (Å²) in [6.07, 6.45) is 2.21. The zero-order valence-corrected chi connectivity index (χ0v) is 27.0. The van der Waals surface area contributed by atoms with Crippen LogP contribution in [-0.4, -0.2) is 61.1 Å². The first-order chi connectivity index (χ1) is 19.8. The number of nitrogens with one attached hydrogen (secondary N) is 2. The van der Waals surface area contributed by atoms with Crippen LogP contribution in [0.4, 0.5) is 34.6 Å². The second-order valence-corrected chi connectivity index (χ2v) is 10.8. The van der Waals surface area contributed by atoms with E-state index in [2.05, 4.69) is 93.2 Å². The van der Waals surface area contributed by atoms with Gasteiger partial charge in [-0.2, -0.15) is 15.0 Å². The summed E-state index contributed by atoms with van der Waals surface area (Å²) in [5.41, 5.74) is 6.02. The first kappa shape index (κ1) is 32.1. The lowest BCUT2D eigenvalue weighted by Crippen LogP contribution is -2.22. The van der Waals surface area contributed by atoms with E-state index in [-0.39, 0.29) is 0 Å². The van der Waals surface area contributed by atoms with Gasteiger partial charge >= 0.3 is 0 Å². The summed E-state index contributed by atoms with van der Waals surface area (Å²) < 4.78 is 11.4. The molecule has 0 unspecified atom stereocenters. The van der Waals surface area contributed by atoms with Gasteiger partial charge in [-0.15, -0.1) is 0 Å². The second-order valence-electron chi connectivity index (χ2n) is 9.74. The molecule has 0 spiro atoms. The van der Waals surface area contributed by atoms with Crippen LogP contribution < -0.4 is 29.9 Å². The third-order valence-corrected chi connectivity index (χ3v) is 8.03. The van der Waals surface area contributed by atoms with E-state index in [9.17, 15) is 0 Å². The van der Waals surface area contributed by atoms with Gasteiger partial charge in [-0.1, -0.05) is 25.1 Å². The maximum Gasteiger partial charge on any atom is 0.233 e. The van der Waals surface area contributed by atoms with E-state index in [1.807, 2.05) is 0 Å². The molecular weight excluding hydrogens is 534 g/mol. The Kier molecular flexibility index (Phi) is 12.2. The van der Waals surface area contributed by atoms with Gasteiger partial charge in [0.2, 0.25) is 11.9 Å². The van der Waals surface area contributed by atoms with Crippen LogP contribution in [0.5, 0.6) is 11.5 Å². The Morgan fingerprint density at radius 2 is 1.12 bits per heavy atom. The fourth-order valence-electron chi connectivity index (χ4n) is 4.64. The van der Waals surface area contributed by atoms with Crippen molar-refractivity contribution < 1.29 is 9.47 Å². The summed E-state index contributed by atoms with van der Waals surface area (Å²) in [5.74, 6) is 3.64. The fourth-order valence-corrected chi connectivity index (χ4v) is 5.56. The molecule has 0 bridgehead atoms. The average molecular weight is 582 g/mol. The fraction of sp³-hybridized carbons (Fsp3) is 0.516. The summed E-state index contributed by atoms with van der Waals surface area (Å²) in [6.45, 7) is 18.4. The molecule has 9 nitrogen and oxygen atoms in total. The first-order valence-electron chi connectivity index (χ1n) is 14.6. The van der Waals surface area contributed by atoms with Gasteiger partial charge in [0.1, 0.15) is 11.5 Å². The molecule has 0 atom stereocenters. The van der Waals surface area contributed by atoms with Gasteiger partial charge in [-0.3, -0.25) is 0 Å². The topological polar surface area (TPSA) is 87.7 Å². The lowest BCUT2D eigenvalue weighted by atomic mass is 10.1. The molecule has 224 valence electrons. The Hall–Kier alpha value is -3.40. The van der Waals surface area contributed by atoms with Gasteiger partial charge in [-0.25, -0.2) is 0 Å². The number of aryl methyl sites for hydroxylation is 2. The smallest absolute Gasteiger partial charge is 0.233 e. The molecule has 0 radical (unpaired) electrons. The van der Waals surface area contributed by atoms with Crippen molar-refractivity contribution in [2.24, 2.45) is 0 Å². The van der Waals surface area contributed by atoms with Crippen molar-refractivity contribution in [3.05, 3.63) is 35.4 Å². The number of unbranched alkanes of at least 4 members (excludes halogenated alkanes) is 1. The molecule has 3 aromatic rings. The van der Waals surface area contributed by atoms with E-state index >= 15 is 0 Å². The molecule has 3 rings (SSSR count). The average Bonchev–Trinajstić information content (AvgIpc) is 2.97. The first-order valence-corrected chi connectivity index (χ1v) is 15.6. The summed E-state index contributed by atoms with van der Waals surface area (Å²) >= 11 is 1.65. The van der Waals surface area contributed by atoms with Crippen LogP contribution in [0.25, 0.3) is 0 Å². The zero-order valence-electron chi connectivity index (χ0n) is 26.2. The molecule has 0 aliphatic carbocycles. The number of rotatable bonds is 16. The van der Waals surface area contributed by atoms with Gasteiger partial charge in [0, 0.05) is 43.3 Å². The molecule has 10 heteroatoms. The number of methoxy groups -OCH3 is 2. The molecule has 0 aliphatic rings. The van der Waals surface area contributed by atoms with Gasteiger partial charge < -0.3 is 29.9 Å². The highest BCUT2D eigenvalue weighted by Crippen LogP contribution is 2.37. The molecule has 0 amide bonds. The summed E-state index contributed by atoms with van der Waals surface area (Å²) in [6, 6.07) is 8.35. The number of thioether (sulfide) groups is 1. The van der Waals surface area contributed by atoms with E-state index in [1.165, 1.54) is 0 Å². The molecule has 1 aromatic heterocycles. The van der Waals surface area contributed by atoms with E-state index in [0.717, 1.165) is 90.1 Å². The number of aromatic nitrogens is 3. The van der Waals surface area contributed by atoms with Gasteiger partial charge in [0.25, 0.3) is 0 Å². The molecule has 1 heterocycles. The Morgan fingerprint density at radius 1 is 0.683 bits per heavy atom. The van der Waals surface area contributed by atoms with Crippen LogP contribution in [0.3, 0.4) is 0 Å². The largest absolute Gasteiger partial charge is 0.495 e. The molecule has 41 heavy (non-hydrogen) atoms. The van der Waals surface area contributed by atoms with Crippen LogP contribution in [0, 0.1) is 13.8 Å². The van der Waals surface area contributed by atoms with Crippen molar-refractivity contribution in [2.75, 3.05) is 66.6 Å². The van der Waals surface area contributed by atoms with Crippen molar-refractivity contribution in [1.29, 1.82) is 0 Å². The van der Waals surface area contributed by atoms with Crippen molar-refractivity contribution in [3.8, 4) is 11.5 Å². The molecule has 0 saturated heterocycles. The molecule has 0 saturated carbocycles. The van der Waals surface area contributed by atoms with E-state index in [4.69, 9.17) is 24.4 Å². The van der Waals surface area contributed by atoms with Crippen molar-refractivity contribution in [2.45, 2.75) is 66.5 Å². The standard InChI is InChI=1S/C31H47N7O2S/c1-10-15-16-41-31-35-29(32-23-19-25(37(11-2)12-3)27(39-8)17-21(23)6)34-30(36-31)33-24-20-26(38(13-4)14-5)28(40-9)18-22(24)7/h17-20H,10-16H2,1-9H3,(H2,32,33,34,35,36). The third kappa shape index (κ3) is 8.09. The second kappa shape index (κ2) is 15.6. The summed E-state index contributed by atoms with van der Waals surface area (Å²) in [7, 11) is 3.43. The lowest BCUT2D eigenvalue weighted by molar-refractivity contribution is 0.414. The molecule has 2 aromatic carbocycles. The number of hydrogen-bond donors (Lipinski definition) is 2. The lowest BCUT2D eigenvalue weighted by Gasteiger charge is -2.25. The van der Waals surface area contributed by atoms with Gasteiger partial charge in [0.15, 0.2) is 5.16 Å². The maximum atomic E-state index is 5.71. The van der Waals surface area contributed by atoms with Crippen LogP contribution in [0.15, 0.2) is 29.4 Å². The number of hydrogen-bond acceptors (Lipinski definition) is 10. The number of nitrogens with zero attached hydrogens (tertiary/aromatic N) is 5. The monoisotopic (exact) mass is 581 g/mol. The predicted octanol–water partition coefficient (Wildman–Crippen LogP) is 7.58. The Balaban J connectivity index is 2.04. The molecule has 2 N–H and O–H groups in total. The molecule has 0 aliphatic heterocycles. The SMILES string of the molecule is CCCCSc1nc(Nc2cc(N(CC)CC)c(OC)cc2C)nc(Nc2cc(N(CC)CC)c(OC)cc2C)n1. The van der Waals surface area contributed by atoms with E-state index in [0.29, 0.717) is 17.1 Å². The van der Waals surface area contributed by atoms with Gasteiger partial charge in [-0.05, 0) is 83.4 Å². The number of ether oxygens (including phenoxy) is 2. The highest BCUT2D eigenvalue weighted by molar-refractivity contribution is 7.99. The Labute approximate surface area is 250 Å².